The minimum Gasteiger partial charge on any atom is -0.456 e. The third-order valence-corrected chi connectivity index (χ3v) is 9.54. The number of ether oxygens (including phenoxy) is 2. The van der Waals surface area contributed by atoms with Gasteiger partial charge in [-0.15, -0.1) is 0 Å². The van der Waals surface area contributed by atoms with Crippen LogP contribution >= 0.6 is 11.6 Å². The highest BCUT2D eigenvalue weighted by Gasteiger charge is 2.12. The molecule has 13 nitrogen and oxygen atoms in total. The summed E-state index contributed by atoms with van der Waals surface area (Å²) in [6, 6.07) is 32.8. The molecule has 0 spiro atoms. The van der Waals surface area contributed by atoms with Gasteiger partial charge in [-0.3, -0.25) is 19.6 Å². The van der Waals surface area contributed by atoms with E-state index in [1.807, 2.05) is 66.7 Å². The molecule has 0 aliphatic carbocycles. The summed E-state index contributed by atoms with van der Waals surface area (Å²) in [6.07, 6.45) is 7.53. The maximum atomic E-state index is 11.4. The average molecular weight is 808 g/mol. The van der Waals surface area contributed by atoms with Crippen LogP contribution in [0.4, 0.5) is 0 Å². The van der Waals surface area contributed by atoms with Crippen molar-refractivity contribution < 1.29 is 27.5 Å². The first-order chi connectivity index (χ1) is 27.4. The van der Waals surface area contributed by atoms with Crippen LogP contribution in [0.2, 0.25) is 5.02 Å². The molecular weight excluding hydrogens is 766 g/mol. The van der Waals surface area contributed by atoms with Crippen LogP contribution in [-0.4, -0.2) is 43.3 Å². The average Bonchev–Trinajstić information content (AvgIpc) is 3.20. The first-order valence-electron chi connectivity index (χ1n) is 17.7. The lowest BCUT2D eigenvalue weighted by molar-refractivity contribution is 0.0989. The monoisotopic (exact) mass is 807 g/mol. The van der Waals surface area contributed by atoms with E-state index in [1.165, 1.54) is 36.3 Å². The number of amides is 2. The van der Waals surface area contributed by atoms with Gasteiger partial charge >= 0.3 is 0 Å². The molecular formula is C42H42ClN7O6S. The van der Waals surface area contributed by atoms with Crippen LogP contribution in [0.15, 0.2) is 139 Å². The second kappa shape index (κ2) is 20.7. The minimum absolute atomic E-state index is 0.108. The standard InChI is InChI=1S/C21H20ClN3O2.C21H22N4O4S/c22-17-3-1-2-15(12-17)8-10-24-13-16-4-6-18(7-5-16)27-20-9-11-25-14-19(20)21(23)26;22-21(26)19-14-25-12-10-20(19)29-17-5-1-16(2-6-17)13-24-11-9-15-3-7-18(8-4-15)30(23,27)28/h1-7,9,11-12,14,24H,8,10,13H2,(H2,23,26);1-8,10,12,14,24H,9,11,13H2,(H2,22,26)(H2,23,27,28). The predicted octanol–water partition coefficient (Wildman–Crippen LogP) is 5.91. The number of carbonyl (C=O) groups is 2. The van der Waals surface area contributed by atoms with E-state index in [1.54, 1.807) is 30.5 Å². The molecule has 0 saturated heterocycles. The van der Waals surface area contributed by atoms with E-state index in [-0.39, 0.29) is 16.0 Å². The van der Waals surface area contributed by atoms with Crippen molar-refractivity contribution in [3.63, 3.8) is 0 Å². The van der Waals surface area contributed by atoms with Crippen LogP contribution in [0, 0.1) is 0 Å². The number of hydrogen-bond donors (Lipinski definition) is 5. The van der Waals surface area contributed by atoms with Crippen LogP contribution in [0.5, 0.6) is 23.0 Å². The summed E-state index contributed by atoms with van der Waals surface area (Å²) in [5, 5.41) is 12.6. The van der Waals surface area contributed by atoms with Gasteiger partial charge in [-0.1, -0.05) is 60.1 Å². The maximum absolute atomic E-state index is 11.4. The molecule has 0 aliphatic heterocycles. The first kappa shape index (κ1) is 42.0. The lowest BCUT2D eigenvalue weighted by Crippen LogP contribution is -2.17. The lowest BCUT2D eigenvalue weighted by Gasteiger charge is -2.10. The van der Waals surface area contributed by atoms with Gasteiger partial charge in [0.15, 0.2) is 0 Å². The SMILES string of the molecule is NC(=O)c1cnccc1Oc1ccc(CNCCc2ccc(S(N)(=O)=O)cc2)cc1.NC(=O)c1cnccc1Oc1ccc(CNCCc2cccc(Cl)c2)cc1. The van der Waals surface area contributed by atoms with E-state index in [2.05, 4.69) is 26.7 Å². The number of nitrogens with two attached hydrogens (primary N) is 3. The molecule has 6 aromatic rings. The van der Waals surface area contributed by atoms with E-state index in [9.17, 15) is 18.0 Å². The van der Waals surface area contributed by atoms with Gasteiger partial charge in [0.2, 0.25) is 10.0 Å². The molecule has 0 saturated carbocycles. The van der Waals surface area contributed by atoms with Gasteiger partial charge in [0.1, 0.15) is 34.1 Å². The Morgan fingerprint density at radius 3 is 1.51 bits per heavy atom. The molecule has 4 aromatic carbocycles. The van der Waals surface area contributed by atoms with Crippen molar-refractivity contribution in [3.05, 3.63) is 172 Å². The number of primary sulfonamides is 1. The van der Waals surface area contributed by atoms with Crippen molar-refractivity contribution in [2.24, 2.45) is 16.6 Å². The van der Waals surface area contributed by atoms with Crippen molar-refractivity contribution in [1.82, 2.24) is 20.6 Å². The van der Waals surface area contributed by atoms with Crippen molar-refractivity contribution in [2.45, 2.75) is 30.8 Å². The largest absolute Gasteiger partial charge is 0.456 e. The number of aromatic nitrogens is 2. The number of halogens is 1. The number of nitrogens with zero attached hydrogens (tertiary/aromatic N) is 2. The van der Waals surface area contributed by atoms with E-state index < -0.39 is 21.8 Å². The van der Waals surface area contributed by atoms with Crippen LogP contribution in [-0.2, 0) is 36.0 Å². The van der Waals surface area contributed by atoms with Crippen LogP contribution in [0.1, 0.15) is 43.0 Å². The number of primary amides is 2. The van der Waals surface area contributed by atoms with E-state index in [0.717, 1.165) is 54.2 Å². The fourth-order valence-electron chi connectivity index (χ4n) is 5.39. The molecule has 2 heterocycles. The number of sulfonamides is 1. The van der Waals surface area contributed by atoms with Gasteiger partial charge in [0.25, 0.3) is 11.8 Å². The molecule has 57 heavy (non-hydrogen) atoms. The Bertz CT molecular complexity index is 2360. The summed E-state index contributed by atoms with van der Waals surface area (Å²) < 4.78 is 34.0. The number of pyridine rings is 2. The second-order valence-corrected chi connectivity index (χ2v) is 14.6. The molecule has 0 atom stereocenters. The zero-order chi connectivity index (χ0) is 40.6. The van der Waals surface area contributed by atoms with Crippen LogP contribution in [0.25, 0.3) is 0 Å². The molecule has 15 heteroatoms. The van der Waals surface area contributed by atoms with E-state index in [0.29, 0.717) is 29.5 Å². The van der Waals surface area contributed by atoms with E-state index >= 15 is 0 Å². The zero-order valence-electron chi connectivity index (χ0n) is 30.8. The molecule has 6 rings (SSSR count). The fourth-order valence-corrected chi connectivity index (χ4v) is 6.11. The van der Waals surface area contributed by atoms with Crippen LogP contribution in [0.3, 0.4) is 0 Å². The molecule has 8 N–H and O–H groups in total. The Labute approximate surface area is 336 Å². The van der Waals surface area contributed by atoms with Gasteiger partial charge in [0, 0.05) is 42.9 Å². The Hall–Kier alpha value is -6.16. The highest BCUT2D eigenvalue weighted by atomic mass is 35.5. The molecule has 0 unspecified atom stereocenters. The summed E-state index contributed by atoms with van der Waals surface area (Å²) in [5.41, 5.74) is 15.6. The van der Waals surface area contributed by atoms with E-state index in [4.69, 9.17) is 37.7 Å². The predicted molar refractivity (Wildman–Crippen MR) is 219 cm³/mol. The molecule has 0 bridgehead atoms. The van der Waals surface area contributed by atoms with Crippen molar-refractivity contribution >= 4 is 33.4 Å². The summed E-state index contributed by atoms with van der Waals surface area (Å²) in [4.78, 5) is 30.7. The molecule has 2 aromatic heterocycles. The summed E-state index contributed by atoms with van der Waals surface area (Å²) >= 11 is 5.99. The highest BCUT2D eigenvalue weighted by Crippen LogP contribution is 2.26. The molecule has 0 radical (unpaired) electrons. The van der Waals surface area contributed by atoms with Crippen molar-refractivity contribution in [1.29, 1.82) is 0 Å². The molecule has 0 fully saturated rings. The van der Waals surface area contributed by atoms with Crippen molar-refractivity contribution in [2.75, 3.05) is 13.1 Å². The summed E-state index contributed by atoms with van der Waals surface area (Å²) in [6.45, 7) is 3.00. The van der Waals surface area contributed by atoms with Gasteiger partial charge in [0.05, 0.1) is 4.90 Å². The molecule has 294 valence electrons. The topological polar surface area (TPSA) is 215 Å². The number of nitrogens with one attached hydrogen (secondary N) is 2. The Morgan fingerprint density at radius 2 is 1.07 bits per heavy atom. The van der Waals surface area contributed by atoms with Gasteiger partial charge in [-0.05, 0) is 109 Å². The van der Waals surface area contributed by atoms with Gasteiger partial charge < -0.3 is 31.6 Å². The minimum atomic E-state index is -3.66. The zero-order valence-corrected chi connectivity index (χ0v) is 32.4. The summed E-state index contributed by atoms with van der Waals surface area (Å²) in [7, 11) is -3.66. The van der Waals surface area contributed by atoms with Gasteiger partial charge in [-0.25, -0.2) is 13.6 Å². The first-order valence-corrected chi connectivity index (χ1v) is 19.7. The number of hydrogen-bond acceptors (Lipinski definition) is 10. The fraction of sp³-hybridized carbons (Fsp3) is 0.143. The number of carbonyl (C=O) groups excluding carboxylic acids is 2. The van der Waals surface area contributed by atoms with Gasteiger partial charge in [-0.2, -0.15) is 0 Å². The molecule has 2 amide bonds. The number of rotatable bonds is 17. The van der Waals surface area contributed by atoms with Crippen LogP contribution < -0.4 is 36.7 Å². The third-order valence-electron chi connectivity index (χ3n) is 8.38. The van der Waals surface area contributed by atoms with Crippen molar-refractivity contribution in [3.8, 4) is 23.0 Å². The quantitative estimate of drug-likeness (QED) is 0.0687. The Balaban J connectivity index is 0.000000219. The normalized spacial score (nSPS) is 10.9. The molecule has 0 aliphatic rings. The highest BCUT2D eigenvalue weighted by molar-refractivity contribution is 7.89. The second-order valence-electron chi connectivity index (χ2n) is 12.6. The third kappa shape index (κ3) is 13.5. The summed E-state index contributed by atoms with van der Waals surface area (Å²) in [5.74, 6) is 0.798. The Kier molecular flexibility index (Phi) is 15.2. The Morgan fingerprint density at radius 1 is 0.614 bits per heavy atom. The lowest BCUT2D eigenvalue weighted by atomic mass is 10.1. The number of benzene rings is 4. The maximum Gasteiger partial charge on any atom is 0.254 e. The smallest absolute Gasteiger partial charge is 0.254 e.